The molecule has 2 N–H and O–H groups in total. The number of nitrogens with zero attached hydrogens (tertiary/aromatic N) is 4. The van der Waals surface area contributed by atoms with Gasteiger partial charge in [-0.15, -0.1) is 0 Å². The summed E-state index contributed by atoms with van der Waals surface area (Å²) in [6.45, 7) is 1.73. The average Bonchev–Trinajstić information content (AvgIpc) is 3.25. The van der Waals surface area contributed by atoms with Gasteiger partial charge in [-0.1, -0.05) is 121 Å². The van der Waals surface area contributed by atoms with Crippen molar-refractivity contribution in [1.82, 2.24) is 15.1 Å². The van der Waals surface area contributed by atoms with Crippen molar-refractivity contribution in [2.75, 3.05) is 32.8 Å². The lowest BCUT2D eigenvalue weighted by atomic mass is 10.0. The summed E-state index contributed by atoms with van der Waals surface area (Å²) in [5, 5.41) is 12.0. The van der Waals surface area contributed by atoms with Gasteiger partial charge in [-0.05, 0) is 36.0 Å². The average molecular weight is 792 g/mol. The lowest BCUT2D eigenvalue weighted by Gasteiger charge is -2.29. The molecule has 0 saturated carbocycles. The molecule has 3 atom stereocenters. The zero-order valence-electron chi connectivity index (χ0n) is 32.3. The minimum atomic E-state index is -1.35. The number of isocyanates is 2. The minimum Gasteiger partial charge on any atom is -0.465 e. The molecule has 0 radical (unpaired) electrons. The topological polar surface area (TPSA) is 176 Å². The molecule has 4 aromatic carbocycles. The van der Waals surface area contributed by atoms with E-state index in [9.17, 15) is 29.1 Å². The van der Waals surface area contributed by atoms with Crippen LogP contribution in [0.25, 0.3) is 0 Å². The van der Waals surface area contributed by atoms with Crippen molar-refractivity contribution in [2.45, 2.75) is 63.8 Å². The quantitative estimate of drug-likeness (QED) is 0.0414. The number of nitrogens with one attached hydrogen (secondary N) is 1. The minimum absolute atomic E-state index is 0.0863. The van der Waals surface area contributed by atoms with Gasteiger partial charge in [-0.3, -0.25) is 4.79 Å². The highest BCUT2D eigenvalue weighted by Gasteiger charge is 2.27. The number of hydrogen-bond donors (Lipinski definition) is 2. The van der Waals surface area contributed by atoms with Gasteiger partial charge in [0.05, 0.1) is 13.2 Å². The number of aliphatic imine (C=N–C) groups is 2. The van der Waals surface area contributed by atoms with Crippen molar-refractivity contribution in [3.63, 3.8) is 0 Å². The zero-order valence-corrected chi connectivity index (χ0v) is 32.3. The number of rotatable bonds is 25. The van der Waals surface area contributed by atoms with E-state index in [1.165, 1.54) is 15.9 Å². The highest BCUT2D eigenvalue weighted by atomic mass is 16.6. The van der Waals surface area contributed by atoms with Gasteiger partial charge in [0.25, 0.3) is 0 Å². The van der Waals surface area contributed by atoms with Gasteiger partial charge in [0.1, 0.15) is 6.04 Å². The van der Waals surface area contributed by atoms with E-state index in [0.29, 0.717) is 38.0 Å². The summed E-state index contributed by atoms with van der Waals surface area (Å²) in [6.07, 6.45) is 0.466. The van der Waals surface area contributed by atoms with Gasteiger partial charge in [-0.25, -0.2) is 19.2 Å². The molecule has 4 rings (SSSR count). The Morgan fingerprint density at radius 3 is 1.78 bits per heavy atom. The van der Waals surface area contributed by atoms with Crippen LogP contribution in [-0.2, 0) is 48.2 Å². The normalized spacial score (nSPS) is 12.1. The van der Waals surface area contributed by atoms with Crippen LogP contribution in [0, 0.1) is 0 Å². The van der Waals surface area contributed by atoms with Crippen LogP contribution < -0.4 is 5.32 Å². The maximum Gasteiger partial charge on any atom is 0.412 e. The SMILES string of the molecule is O=C=NC(CCN(CCCCN(CCCOCc1ccccc1)C(=O)OC(N=C=O)c1ccccc1)C(=O)C(Cc1ccccc1)NC(=O)O)OCc1ccccc1. The Hall–Kier alpha value is -6.43. The highest BCUT2D eigenvalue weighted by Crippen LogP contribution is 2.20. The first-order valence-electron chi connectivity index (χ1n) is 19.1. The molecule has 0 saturated heterocycles. The van der Waals surface area contributed by atoms with Crippen LogP contribution in [0.4, 0.5) is 9.59 Å². The molecule has 0 fully saturated rings. The molecule has 14 heteroatoms. The number of carbonyl (C=O) groups excluding carboxylic acids is 4. The second-order valence-electron chi connectivity index (χ2n) is 13.2. The van der Waals surface area contributed by atoms with Crippen LogP contribution in [0.2, 0.25) is 0 Å². The molecule has 0 bridgehead atoms. The van der Waals surface area contributed by atoms with Crippen molar-refractivity contribution in [3.05, 3.63) is 144 Å². The second kappa shape index (κ2) is 25.7. The molecule has 304 valence electrons. The summed E-state index contributed by atoms with van der Waals surface area (Å²) in [5.41, 5.74) is 3.16. The van der Waals surface area contributed by atoms with Crippen molar-refractivity contribution in [3.8, 4) is 0 Å². The van der Waals surface area contributed by atoms with Gasteiger partial charge >= 0.3 is 12.2 Å². The number of carbonyl (C=O) groups is 3. The monoisotopic (exact) mass is 791 g/mol. The van der Waals surface area contributed by atoms with E-state index in [-0.39, 0.29) is 45.6 Å². The summed E-state index contributed by atoms with van der Waals surface area (Å²) >= 11 is 0. The van der Waals surface area contributed by atoms with Crippen molar-refractivity contribution in [2.24, 2.45) is 9.98 Å². The highest BCUT2D eigenvalue weighted by molar-refractivity contribution is 5.85. The molecule has 0 aliphatic rings. The Kier molecular flexibility index (Phi) is 19.6. The lowest BCUT2D eigenvalue weighted by Crippen LogP contribution is -2.50. The van der Waals surface area contributed by atoms with Gasteiger partial charge < -0.3 is 34.4 Å². The van der Waals surface area contributed by atoms with Crippen molar-refractivity contribution in [1.29, 1.82) is 0 Å². The molecule has 4 aromatic rings. The van der Waals surface area contributed by atoms with Crippen LogP contribution in [0.5, 0.6) is 0 Å². The first-order chi connectivity index (χ1) is 28.4. The summed E-state index contributed by atoms with van der Waals surface area (Å²) < 4.78 is 17.4. The first kappa shape index (κ1) is 44.3. The molecule has 3 unspecified atom stereocenters. The Morgan fingerprint density at radius 2 is 1.19 bits per heavy atom. The van der Waals surface area contributed by atoms with E-state index >= 15 is 0 Å². The number of unbranched alkanes of at least 4 members (excludes halogenated alkanes) is 1. The standard InChI is InChI=1S/C44H49N5O9/c50-33-45-40(57-32-37-20-9-3-10-21-37)24-28-48(42(52)39(47-43(53)54)30-35-16-5-1-6-17-35)25-13-14-26-49(27-15-29-56-31-36-18-7-2-8-19-36)44(55)58-41(46-34-51)38-22-11-4-12-23-38/h1-12,16-23,39-41,47H,13-15,24-32H2,(H,53,54). The van der Waals surface area contributed by atoms with E-state index in [1.54, 1.807) is 48.5 Å². The molecule has 14 nitrogen and oxygen atoms in total. The predicted molar refractivity (Wildman–Crippen MR) is 215 cm³/mol. The fourth-order valence-electron chi connectivity index (χ4n) is 6.05. The Bertz CT molecular complexity index is 1910. The molecule has 0 spiro atoms. The van der Waals surface area contributed by atoms with E-state index in [2.05, 4.69) is 15.3 Å². The van der Waals surface area contributed by atoms with Gasteiger partial charge in [0.15, 0.2) is 6.23 Å². The third-order valence-electron chi connectivity index (χ3n) is 8.98. The molecule has 0 aliphatic heterocycles. The number of hydrogen-bond acceptors (Lipinski definition) is 10. The number of carboxylic acid groups (broad SMARTS) is 1. The third-order valence-corrected chi connectivity index (χ3v) is 8.98. The van der Waals surface area contributed by atoms with Crippen LogP contribution in [0.15, 0.2) is 131 Å². The summed E-state index contributed by atoms with van der Waals surface area (Å²) in [7, 11) is 0. The maximum atomic E-state index is 14.1. The molecule has 0 heterocycles. The molecule has 58 heavy (non-hydrogen) atoms. The molecule has 0 aromatic heterocycles. The van der Waals surface area contributed by atoms with E-state index in [4.69, 9.17) is 14.2 Å². The molecule has 3 amide bonds. The Morgan fingerprint density at radius 1 is 0.655 bits per heavy atom. The first-order valence-corrected chi connectivity index (χ1v) is 19.1. The summed E-state index contributed by atoms with van der Waals surface area (Å²) in [4.78, 5) is 72.7. The predicted octanol–water partition coefficient (Wildman–Crippen LogP) is 6.82. The molecular weight excluding hydrogens is 743 g/mol. The summed E-state index contributed by atoms with van der Waals surface area (Å²) in [5.74, 6) is -0.465. The Labute approximate surface area is 338 Å². The number of benzene rings is 4. The Balaban J connectivity index is 1.45. The molecular formula is C44H49N5O9. The van der Waals surface area contributed by atoms with Crippen LogP contribution >= 0.6 is 0 Å². The van der Waals surface area contributed by atoms with Crippen LogP contribution in [0.3, 0.4) is 0 Å². The van der Waals surface area contributed by atoms with Gasteiger partial charge in [-0.2, -0.15) is 9.98 Å². The van der Waals surface area contributed by atoms with Gasteiger partial charge in [0, 0.05) is 51.2 Å². The second-order valence-corrected chi connectivity index (χ2v) is 13.2. The molecule has 0 aliphatic carbocycles. The van der Waals surface area contributed by atoms with E-state index in [1.807, 2.05) is 78.9 Å². The fraction of sp³-hybridized carbons (Fsp3) is 0.341. The third kappa shape index (κ3) is 16.4. The maximum absolute atomic E-state index is 14.1. The van der Waals surface area contributed by atoms with E-state index in [0.717, 1.165) is 16.7 Å². The van der Waals surface area contributed by atoms with Gasteiger partial charge in [0.2, 0.25) is 24.3 Å². The number of amides is 3. The van der Waals surface area contributed by atoms with Crippen LogP contribution in [-0.4, -0.2) is 90.2 Å². The smallest absolute Gasteiger partial charge is 0.412 e. The van der Waals surface area contributed by atoms with Crippen molar-refractivity contribution >= 4 is 30.3 Å². The fourth-order valence-corrected chi connectivity index (χ4v) is 6.05. The van der Waals surface area contributed by atoms with E-state index < -0.39 is 36.6 Å². The number of ether oxygens (including phenoxy) is 3. The van der Waals surface area contributed by atoms with Crippen LogP contribution in [0.1, 0.15) is 54.2 Å². The lowest BCUT2D eigenvalue weighted by molar-refractivity contribution is -0.134. The zero-order chi connectivity index (χ0) is 41.2. The largest absolute Gasteiger partial charge is 0.465 e. The van der Waals surface area contributed by atoms with Crippen molar-refractivity contribution < 1.29 is 43.3 Å². The summed E-state index contributed by atoms with van der Waals surface area (Å²) in [6, 6.07) is 35.7.